The summed E-state index contributed by atoms with van der Waals surface area (Å²) in [6.07, 6.45) is -0.665. The molecule has 32 heavy (non-hydrogen) atoms. The summed E-state index contributed by atoms with van der Waals surface area (Å²) in [5.41, 5.74) is 3.90. The van der Waals surface area contributed by atoms with Crippen molar-refractivity contribution in [3.63, 3.8) is 0 Å². The van der Waals surface area contributed by atoms with Crippen molar-refractivity contribution in [2.45, 2.75) is 52.1 Å². The van der Waals surface area contributed by atoms with Gasteiger partial charge in [-0.05, 0) is 34.6 Å². The summed E-state index contributed by atoms with van der Waals surface area (Å²) in [5, 5.41) is 14.5. The molecule has 0 spiro atoms. The Morgan fingerprint density at radius 2 is 1.50 bits per heavy atom. The number of rotatable bonds is 7. The standard InChI is InChI=1S/C25H30N2O5/c1-15(13-21(28)27-22(23(29)30)25(2,3)4)26-24(31)32-14-20-18-11-7-5-9-16(18)17-10-6-8-12-19(17)20/h5-12,15,20,22H,13-14H2,1-4H3,(H,26,31)(H,27,28)(H,29,30)/t15?,22-/m1/s1. The lowest BCUT2D eigenvalue weighted by Crippen LogP contribution is -2.50. The number of alkyl carbamates (subject to hydrolysis) is 1. The fourth-order valence-electron chi connectivity index (χ4n) is 4.04. The van der Waals surface area contributed by atoms with Crippen LogP contribution in [0.4, 0.5) is 4.79 Å². The number of carboxylic acid groups (broad SMARTS) is 1. The van der Waals surface area contributed by atoms with Gasteiger partial charge in [-0.2, -0.15) is 0 Å². The number of amides is 2. The molecule has 170 valence electrons. The van der Waals surface area contributed by atoms with Crippen molar-refractivity contribution in [1.29, 1.82) is 0 Å². The van der Waals surface area contributed by atoms with Crippen LogP contribution in [0.5, 0.6) is 0 Å². The van der Waals surface area contributed by atoms with Crippen LogP contribution in [0.2, 0.25) is 0 Å². The molecule has 0 fully saturated rings. The summed E-state index contributed by atoms with van der Waals surface area (Å²) in [4.78, 5) is 36.0. The van der Waals surface area contributed by atoms with Crippen LogP contribution in [0.15, 0.2) is 48.5 Å². The number of hydrogen-bond acceptors (Lipinski definition) is 4. The van der Waals surface area contributed by atoms with E-state index in [9.17, 15) is 19.5 Å². The third kappa shape index (κ3) is 5.28. The second-order valence-corrected chi connectivity index (χ2v) is 9.28. The van der Waals surface area contributed by atoms with Gasteiger partial charge in [-0.3, -0.25) is 4.79 Å². The zero-order valence-corrected chi connectivity index (χ0v) is 18.8. The predicted octanol–water partition coefficient (Wildman–Crippen LogP) is 3.92. The lowest BCUT2D eigenvalue weighted by atomic mass is 9.86. The van der Waals surface area contributed by atoms with E-state index in [0.29, 0.717) is 0 Å². The van der Waals surface area contributed by atoms with E-state index >= 15 is 0 Å². The first kappa shape index (κ1) is 23.3. The van der Waals surface area contributed by atoms with Gasteiger partial charge in [0.05, 0.1) is 0 Å². The number of carboxylic acids is 1. The lowest BCUT2D eigenvalue weighted by Gasteiger charge is -2.28. The van der Waals surface area contributed by atoms with E-state index in [1.54, 1.807) is 27.7 Å². The maximum atomic E-state index is 12.3. The average molecular weight is 439 g/mol. The average Bonchev–Trinajstić information content (AvgIpc) is 3.03. The topological polar surface area (TPSA) is 105 Å². The molecule has 1 aliphatic rings. The minimum atomic E-state index is -1.09. The van der Waals surface area contributed by atoms with Crippen molar-refractivity contribution in [2.75, 3.05) is 6.61 Å². The number of nitrogens with one attached hydrogen (secondary N) is 2. The highest BCUT2D eigenvalue weighted by Crippen LogP contribution is 2.44. The maximum Gasteiger partial charge on any atom is 0.407 e. The summed E-state index contributed by atoms with van der Waals surface area (Å²) < 4.78 is 5.49. The number of aliphatic carboxylic acids is 1. The highest BCUT2D eigenvalue weighted by Gasteiger charge is 2.33. The summed E-state index contributed by atoms with van der Waals surface area (Å²) in [7, 11) is 0. The predicted molar refractivity (Wildman–Crippen MR) is 121 cm³/mol. The Labute approximate surface area is 188 Å². The van der Waals surface area contributed by atoms with Gasteiger partial charge >= 0.3 is 12.1 Å². The first-order chi connectivity index (χ1) is 15.1. The molecule has 0 aromatic heterocycles. The Morgan fingerprint density at radius 3 is 2.00 bits per heavy atom. The molecule has 0 aliphatic heterocycles. The SMILES string of the molecule is CC(CC(=O)N[C@H](C(=O)O)C(C)(C)C)NC(=O)OCC1c2ccccc2-c2ccccc21. The molecule has 0 saturated heterocycles. The van der Waals surface area contributed by atoms with Crippen molar-refractivity contribution in [1.82, 2.24) is 10.6 Å². The summed E-state index contributed by atoms with van der Waals surface area (Å²) in [6.45, 7) is 7.08. The van der Waals surface area contributed by atoms with Gasteiger partial charge in [-0.25, -0.2) is 9.59 Å². The van der Waals surface area contributed by atoms with Crippen LogP contribution in [0.3, 0.4) is 0 Å². The van der Waals surface area contributed by atoms with Crippen molar-refractivity contribution in [2.24, 2.45) is 5.41 Å². The van der Waals surface area contributed by atoms with Crippen LogP contribution in [-0.2, 0) is 14.3 Å². The van der Waals surface area contributed by atoms with E-state index in [1.807, 2.05) is 36.4 Å². The molecule has 2 amide bonds. The molecule has 7 nitrogen and oxygen atoms in total. The monoisotopic (exact) mass is 438 g/mol. The van der Waals surface area contributed by atoms with Crippen molar-refractivity contribution in [3.05, 3.63) is 59.7 Å². The van der Waals surface area contributed by atoms with Gasteiger partial charge in [0.25, 0.3) is 0 Å². The van der Waals surface area contributed by atoms with E-state index < -0.39 is 35.5 Å². The van der Waals surface area contributed by atoms with Crippen LogP contribution in [0, 0.1) is 5.41 Å². The molecule has 0 saturated carbocycles. The van der Waals surface area contributed by atoms with Gasteiger partial charge in [-0.15, -0.1) is 0 Å². The zero-order chi connectivity index (χ0) is 23.5. The molecule has 2 atom stereocenters. The molecule has 0 radical (unpaired) electrons. The summed E-state index contributed by atoms with van der Waals surface area (Å²) >= 11 is 0. The van der Waals surface area contributed by atoms with Crippen LogP contribution < -0.4 is 10.6 Å². The Hall–Kier alpha value is -3.35. The Balaban J connectivity index is 1.54. The van der Waals surface area contributed by atoms with Crippen LogP contribution in [-0.4, -0.2) is 41.8 Å². The summed E-state index contributed by atoms with van der Waals surface area (Å²) in [5.74, 6) is -1.59. The fourth-order valence-corrected chi connectivity index (χ4v) is 4.04. The highest BCUT2D eigenvalue weighted by molar-refractivity contribution is 5.84. The first-order valence-electron chi connectivity index (χ1n) is 10.7. The molecular weight excluding hydrogens is 408 g/mol. The largest absolute Gasteiger partial charge is 0.480 e. The number of hydrogen-bond donors (Lipinski definition) is 3. The molecule has 0 heterocycles. The number of benzene rings is 2. The van der Waals surface area contributed by atoms with Crippen LogP contribution in [0.25, 0.3) is 11.1 Å². The van der Waals surface area contributed by atoms with E-state index in [1.165, 1.54) is 0 Å². The smallest absolute Gasteiger partial charge is 0.407 e. The third-order valence-corrected chi connectivity index (χ3v) is 5.62. The van der Waals surface area contributed by atoms with Crippen LogP contribution in [0.1, 0.15) is 51.2 Å². The van der Waals surface area contributed by atoms with Gasteiger partial charge < -0.3 is 20.5 Å². The number of carbonyl (C=O) groups is 3. The second-order valence-electron chi connectivity index (χ2n) is 9.28. The highest BCUT2D eigenvalue weighted by atomic mass is 16.5. The van der Waals surface area contributed by atoms with Gasteiger partial charge in [0, 0.05) is 18.4 Å². The number of ether oxygens (including phenoxy) is 1. The van der Waals surface area contributed by atoms with Crippen molar-refractivity contribution < 1.29 is 24.2 Å². The lowest BCUT2D eigenvalue weighted by molar-refractivity contribution is -0.145. The van der Waals surface area contributed by atoms with Crippen LogP contribution >= 0.6 is 0 Å². The Bertz CT molecular complexity index is 966. The fraction of sp³-hybridized carbons (Fsp3) is 0.400. The molecule has 2 aromatic rings. The normalized spacial score (nSPS) is 14.6. The molecule has 1 unspecified atom stereocenters. The molecule has 3 N–H and O–H groups in total. The third-order valence-electron chi connectivity index (χ3n) is 5.62. The first-order valence-corrected chi connectivity index (χ1v) is 10.7. The minimum absolute atomic E-state index is 0.0464. The molecule has 7 heteroatoms. The number of carbonyl (C=O) groups excluding carboxylic acids is 2. The maximum absolute atomic E-state index is 12.3. The minimum Gasteiger partial charge on any atom is -0.480 e. The van der Waals surface area contributed by atoms with E-state index in [-0.39, 0.29) is 18.9 Å². The van der Waals surface area contributed by atoms with E-state index in [4.69, 9.17) is 4.74 Å². The molecular formula is C25H30N2O5. The van der Waals surface area contributed by atoms with Crippen molar-refractivity contribution in [3.8, 4) is 11.1 Å². The van der Waals surface area contributed by atoms with Crippen molar-refractivity contribution >= 4 is 18.0 Å². The molecule has 3 rings (SSSR count). The van der Waals surface area contributed by atoms with Gasteiger partial charge in [0.2, 0.25) is 5.91 Å². The van der Waals surface area contributed by atoms with Gasteiger partial charge in [0.15, 0.2) is 0 Å². The Morgan fingerprint density at radius 1 is 0.969 bits per heavy atom. The number of fused-ring (bicyclic) bond motifs is 3. The Kier molecular flexibility index (Phi) is 6.87. The molecule has 1 aliphatic carbocycles. The van der Waals surface area contributed by atoms with E-state index in [0.717, 1.165) is 22.3 Å². The zero-order valence-electron chi connectivity index (χ0n) is 18.8. The molecule has 2 aromatic carbocycles. The van der Waals surface area contributed by atoms with E-state index in [2.05, 4.69) is 22.8 Å². The van der Waals surface area contributed by atoms with Gasteiger partial charge in [0.1, 0.15) is 12.6 Å². The van der Waals surface area contributed by atoms with Gasteiger partial charge in [-0.1, -0.05) is 69.3 Å². The second kappa shape index (κ2) is 9.42. The molecule has 0 bridgehead atoms. The summed E-state index contributed by atoms with van der Waals surface area (Å²) in [6, 6.07) is 14.6. The quantitative estimate of drug-likeness (QED) is 0.608.